The van der Waals surface area contributed by atoms with Crippen LogP contribution in [0, 0.1) is 6.92 Å². The van der Waals surface area contributed by atoms with Crippen LogP contribution in [0.4, 0.5) is 0 Å². The normalized spacial score (nSPS) is 10.3. The maximum atomic E-state index is 10.6. The molecule has 104 valence electrons. The first-order chi connectivity index (χ1) is 9.58. The Morgan fingerprint density at radius 3 is 2.80 bits per heavy atom. The minimum absolute atomic E-state index is 0.0288. The molecule has 0 aliphatic heterocycles. The van der Waals surface area contributed by atoms with E-state index in [0.29, 0.717) is 12.2 Å². The number of aliphatic carboxylic acids is 1. The number of carbonyl (C=O) groups is 1. The van der Waals surface area contributed by atoms with E-state index in [2.05, 4.69) is 9.97 Å². The van der Waals surface area contributed by atoms with Gasteiger partial charge < -0.3 is 9.84 Å². The van der Waals surface area contributed by atoms with Gasteiger partial charge in [-0.3, -0.25) is 4.79 Å². The topological polar surface area (TPSA) is 72.3 Å². The third kappa shape index (κ3) is 3.54. The van der Waals surface area contributed by atoms with Crippen molar-refractivity contribution < 1.29 is 14.6 Å². The lowest BCUT2D eigenvalue weighted by Crippen LogP contribution is -2.03. The van der Waals surface area contributed by atoms with Crippen molar-refractivity contribution in [3.63, 3.8) is 0 Å². The van der Waals surface area contributed by atoms with Gasteiger partial charge in [-0.1, -0.05) is 12.1 Å². The number of hydrogen-bond donors (Lipinski definition) is 1. The minimum atomic E-state index is -0.849. The summed E-state index contributed by atoms with van der Waals surface area (Å²) < 4.78 is 5.19. The summed E-state index contributed by atoms with van der Waals surface area (Å²) in [5.41, 5.74) is 2.52. The molecule has 0 aliphatic carbocycles. The molecule has 0 radical (unpaired) electrons. The number of ether oxygens (including phenoxy) is 1. The van der Waals surface area contributed by atoms with Crippen molar-refractivity contribution in [1.82, 2.24) is 9.97 Å². The molecule has 5 heteroatoms. The van der Waals surface area contributed by atoms with Crippen molar-refractivity contribution in [3.8, 4) is 17.0 Å². The van der Waals surface area contributed by atoms with E-state index in [1.807, 2.05) is 37.3 Å². The fourth-order valence-electron chi connectivity index (χ4n) is 1.89. The van der Waals surface area contributed by atoms with Gasteiger partial charge in [0.2, 0.25) is 0 Å². The largest absolute Gasteiger partial charge is 0.497 e. The maximum absolute atomic E-state index is 10.6. The highest BCUT2D eigenvalue weighted by Crippen LogP contribution is 2.22. The number of nitrogens with zero attached hydrogens (tertiary/aromatic N) is 2. The van der Waals surface area contributed by atoms with Gasteiger partial charge in [-0.15, -0.1) is 0 Å². The van der Waals surface area contributed by atoms with E-state index in [9.17, 15) is 4.79 Å². The molecule has 20 heavy (non-hydrogen) atoms. The lowest BCUT2D eigenvalue weighted by Gasteiger charge is -2.07. The van der Waals surface area contributed by atoms with E-state index in [4.69, 9.17) is 9.84 Å². The molecule has 0 aliphatic rings. The molecule has 1 N–H and O–H groups in total. The number of benzene rings is 1. The summed E-state index contributed by atoms with van der Waals surface area (Å²) in [5, 5.41) is 8.73. The third-order valence-electron chi connectivity index (χ3n) is 2.83. The first-order valence-electron chi connectivity index (χ1n) is 6.29. The molecule has 2 aromatic rings. The first kappa shape index (κ1) is 14.0. The Kier molecular flexibility index (Phi) is 4.30. The van der Waals surface area contributed by atoms with E-state index in [1.165, 1.54) is 0 Å². The maximum Gasteiger partial charge on any atom is 0.303 e. The number of rotatable bonds is 5. The summed E-state index contributed by atoms with van der Waals surface area (Å²) in [7, 11) is 1.61. The Hall–Kier alpha value is -2.43. The molecule has 0 saturated carbocycles. The number of aryl methyl sites for hydroxylation is 2. The van der Waals surface area contributed by atoms with Crippen LogP contribution >= 0.6 is 0 Å². The van der Waals surface area contributed by atoms with Crippen LogP contribution in [0.15, 0.2) is 30.3 Å². The highest BCUT2D eigenvalue weighted by molar-refractivity contribution is 5.67. The van der Waals surface area contributed by atoms with E-state index in [0.717, 1.165) is 22.7 Å². The van der Waals surface area contributed by atoms with Gasteiger partial charge in [0, 0.05) is 17.7 Å². The molecule has 1 heterocycles. The van der Waals surface area contributed by atoms with Crippen LogP contribution < -0.4 is 4.74 Å². The first-order valence-corrected chi connectivity index (χ1v) is 6.29. The molecular formula is C15H16N2O3. The number of methoxy groups -OCH3 is 1. The highest BCUT2D eigenvalue weighted by atomic mass is 16.5. The SMILES string of the molecule is COc1cccc(-c2cc(C)nc(CCC(=O)O)n2)c1. The number of hydrogen-bond acceptors (Lipinski definition) is 4. The van der Waals surface area contributed by atoms with Crippen molar-refractivity contribution in [2.75, 3.05) is 7.11 Å². The van der Waals surface area contributed by atoms with Gasteiger partial charge >= 0.3 is 5.97 Å². The Labute approximate surface area is 117 Å². The molecule has 0 atom stereocenters. The molecule has 0 amide bonds. The fraction of sp³-hybridized carbons (Fsp3) is 0.267. The van der Waals surface area contributed by atoms with Crippen LogP contribution in [0.5, 0.6) is 5.75 Å². The summed E-state index contributed by atoms with van der Waals surface area (Å²) in [6, 6.07) is 9.46. The van der Waals surface area contributed by atoms with Crippen LogP contribution in [0.1, 0.15) is 17.9 Å². The van der Waals surface area contributed by atoms with Crippen molar-refractivity contribution >= 4 is 5.97 Å². The van der Waals surface area contributed by atoms with Gasteiger partial charge in [0.05, 0.1) is 19.2 Å². The lowest BCUT2D eigenvalue weighted by molar-refractivity contribution is -0.137. The van der Waals surface area contributed by atoms with E-state index in [1.54, 1.807) is 7.11 Å². The monoisotopic (exact) mass is 272 g/mol. The Balaban J connectivity index is 2.33. The zero-order valence-corrected chi connectivity index (χ0v) is 11.5. The van der Waals surface area contributed by atoms with Crippen LogP contribution in [-0.4, -0.2) is 28.2 Å². The van der Waals surface area contributed by atoms with Gasteiger partial charge in [0.1, 0.15) is 11.6 Å². The van der Waals surface area contributed by atoms with Crippen LogP contribution in [-0.2, 0) is 11.2 Å². The standard InChI is InChI=1S/C15H16N2O3/c1-10-8-13(11-4-3-5-12(9-11)20-2)17-14(16-10)6-7-15(18)19/h3-5,8-9H,6-7H2,1-2H3,(H,18,19). The second-order valence-corrected chi connectivity index (χ2v) is 4.44. The number of aromatic nitrogens is 2. The zero-order chi connectivity index (χ0) is 14.5. The van der Waals surface area contributed by atoms with Crippen LogP contribution in [0.3, 0.4) is 0 Å². The third-order valence-corrected chi connectivity index (χ3v) is 2.83. The lowest BCUT2D eigenvalue weighted by atomic mass is 10.1. The fourth-order valence-corrected chi connectivity index (χ4v) is 1.89. The van der Waals surface area contributed by atoms with Gasteiger partial charge in [-0.05, 0) is 25.1 Å². The molecule has 0 fully saturated rings. The second kappa shape index (κ2) is 6.14. The van der Waals surface area contributed by atoms with Crippen molar-refractivity contribution in [2.45, 2.75) is 19.8 Å². The highest BCUT2D eigenvalue weighted by Gasteiger charge is 2.07. The predicted molar refractivity (Wildman–Crippen MR) is 74.7 cm³/mol. The van der Waals surface area contributed by atoms with E-state index < -0.39 is 5.97 Å². The van der Waals surface area contributed by atoms with Crippen LogP contribution in [0.2, 0.25) is 0 Å². The smallest absolute Gasteiger partial charge is 0.303 e. The summed E-state index contributed by atoms with van der Waals surface area (Å²) in [6.07, 6.45) is 0.356. The number of carboxylic acid groups (broad SMARTS) is 1. The summed E-state index contributed by atoms with van der Waals surface area (Å²) in [6.45, 7) is 1.87. The molecule has 5 nitrogen and oxygen atoms in total. The zero-order valence-electron chi connectivity index (χ0n) is 11.5. The van der Waals surface area contributed by atoms with Gasteiger partial charge in [0.15, 0.2) is 0 Å². The Morgan fingerprint density at radius 1 is 1.30 bits per heavy atom. The molecule has 0 saturated heterocycles. The quantitative estimate of drug-likeness (QED) is 0.905. The van der Waals surface area contributed by atoms with Gasteiger partial charge in [0.25, 0.3) is 0 Å². The predicted octanol–water partition coefficient (Wildman–Crippen LogP) is 2.48. The average molecular weight is 272 g/mol. The van der Waals surface area contributed by atoms with Crippen molar-refractivity contribution in [2.24, 2.45) is 0 Å². The molecule has 2 rings (SSSR count). The van der Waals surface area contributed by atoms with E-state index >= 15 is 0 Å². The summed E-state index contributed by atoms with van der Waals surface area (Å²) in [5.74, 6) is 0.453. The Morgan fingerprint density at radius 2 is 2.10 bits per heavy atom. The van der Waals surface area contributed by atoms with E-state index in [-0.39, 0.29) is 6.42 Å². The second-order valence-electron chi connectivity index (χ2n) is 4.44. The molecule has 0 spiro atoms. The molecule has 1 aromatic carbocycles. The van der Waals surface area contributed by atoms with Crippen molar-refractivity contribution in [1.29, 1.82) is 0 Å². The molecule has 0 unspecified atom stereocenters. The van der Waals surface area contributed by atoms with Crippen molar-refractivity contribution in [3.05, 3.63) is 41.9 Å². The minimum Gasteiger partial charge on any atom is -0.497 e. The summed E-state index contributed by atoms with van der Waals surface area (Å²) >= 11 is 0. The molecule has 0 bridgehead atoms. The van der Waals surface area contributed by atoms with Gasteiger partial charge in [-0.2, -0.15) is 0 Å². The van der Waals surface area contributed by atoms with Crippen LogP contribution in [0.25, 0.3) is 11.3 Å². The number of carboxylic acids is 1. The van der Waals surface area contributed by atoms with Gasteiger partial charge in [-0.25, -0.2) is 9.97 Å². The summed E-state index contributed by atoms with van der Waals surface area (Å²) in [4.78, 5) is 19.3. The Bertz CT molecular complexity index is 626. The molecular weight excluding hydrogens is 256 g/mol. The average Bonchev–Trinajstić information content (AvgIpc) is 2.44. The molecule has 1 aromatic heterocycles.